The molecule has 3 N–H and O–H groups in total. The van der Waals surface area contributed by atoms with Gasteiger partial charge >= 0.3 is 0 Å². The van der Waals surface area contributed by atoms with Crippen molar-refractivity contribution in [3.05, 3.63) is 18.0 Å². The zero-order valence-corrected chi connectivity index (χ0v) is 11.5. The van der Waals surface area contributed by atoms with Crippen molar-refractivity contribution in [2.45, 2.75) is 52.1 Å². The predicted molar refractivity (Wildman–Crippen MR) is 73.4 cm³/mol. The molecule has 0 spiro atoms. The summed E-state index contributed by atoms with van der Waals surface area (Å²) in [5, 5.41) is 3.13. The highest BCUT2D eigenvalue weighted by molar-refractivity contribution is 5.94. The Balaban J connectivity index is 2.12. The van der Waals surface area contributed by atoms with Crippen molar-refractivity contribution in [1.29, 1.82) is 0 Å². The molecular formula is C14H23N3O. The van der Waals surface area contributed by atoms with E-state index in [-0.39, 0.29) is 11.4 Å². The highest BCUT2D eigenvalue weighted by atomic mass is 16.2. The SMILES string of the molecule is CCCn1cc(N)cc1C(=O)NC(C)(C)C1CC1. The number of nitrogens with two attached hydrogens (primary N) is 1. The van der Waals surface area contributed by atoms with Gasteiger partial charge < -0.3 is 15.6 Å². The van der Waals surface area contributed by atoms with Gasteiger partial charge in [-0.15, -0.1) is 0 Å². The summed E-state index contributed by atoms with van der Waals surface area (Å²) in [5.74, 6) is 0.602. The zero-order valence-electron chi connectivity index (χ0n) is 11.5. The number of hydrogen-bond donors (Lipinski definition) is 2. The zero-order chi connectivity index (χ0) is 13.3. The summed E-state index contributed by atoms with van der Waals surface area (Å²) in [6, 6.07) is 1.76. The molecule has 0 radical (unpaired) electrons. The van der Waals surface area contributed by atoms with Crippen LogP contribution >= 0.6 is 0 Å². The fourth-order valence-electron chi connectivity index (χ4n) is 2.41. The quantitative estimate of drug-likeness (QED) is 0.841. The minimum Gasteiger partial charge on any atom is -0.397 e. The van der Waals surface area contributed by atoms with Crippen LogP contribution in [0.25, 0.3) is 0 Å². The normalized spacial score (nSPS) is 15.7. The number of carbonyl (C=O) groups excluding carboxylic acids is 1. The number of hydrogen-bond acceptors (Lipinski definition) is 2. The molecule has 1 fully saturated rings. The number of rotatable bonds is 5. The standard InChI is InChI=1S/C14H23N3O/c1-4-7-17-9-11(15)8-12(17)13(18)16-14(2,3)10-5-6-10/h8-10H,4-7,15H2,1-3H3,(H,16,18). The lowest BCUT2D eigenvalue weighted by Gasteiger charge is -2.26. The average Bonchev–Trinajstić information content (AvgIpc) is 3.04. The Labute approximate surface area is 109 Å². The van der Waals surface area contributed by atoms with Gasteiger partial charge in [0, 0.05) is 18.3 Å². The second-order valence-corrected chi connectivity index (χ2v) is 5.80. The van der Waals surface area contributed by atoms with Gasteiger partial charge in [-0.05, 0) is 45.1 Å². The maximum absolute atomic E-state index is 12.3. The van der Waals surface area contributed by atoms with Crippen molar-refractivity contribution in [2.24, 2.45) is 5.92 Å². The van der Waals surface area contributed by atoms with E-state index >= 15 is 0 Å². The minimum absolute atomic E-state index is 0.0166. The van der Waals surface area contributed by atoms with E-state index < -0.39 is 0 Å². The summed E-state index contributed by atoms with van der Waals surface area (Å²) in [6.45, 7) is 7.11. The van der Waals surface area contributed by atoms with E-state index in [1.807, 2.05) is 10.8 Å². The summed E-state index contributed by atoms with van der Waals surface area (Å²) >= 11 is 0. The van der Waals surface area contributed by atoms with Crippen LogP contribution in [0.1, 0.15) is 50.5 Å². The van der Waals surface area contributed by atoms with Gasteiger partial charge in [-0.25, -0.2) is 0 Å². The summed E-state index contributed by atoms with van der Waals surface area (Å²) in [5.41, 5.74) is 6.98. The number of nitrogens with one attached hydrogen (secondary N) is 1. The van der Waals surface area contributed by atoms with Crippen LogP contribution < -0.4 is 11.1 Å². The molecule has 0 aliphatic heterocycles. The maximum atomic E-state index is 12.3. The van der Waals surface area contributed by atoms with Gasteiger partial charge in [0.05, 0.1) is 5.69 Å². The fourth-order valence-corrected chi connectivity index (χ4v) is 2.41. The molecule has 0 saturated heterocycles. The number of nitrogen functional groups attached to an aromatic ring is 1. The van der Waals surface area contributed by atoms with E-state index in [2.05, 4.69) is 26.1 Å². The van der Waals surface area contributed by atoms with Gasteiger partial charge in [0.25, 0.3) is 5.91 Å². The molecule has 1 amide bonds. The van der Waals surface area contributed by atoms with Crippen molar-refractivity contribution >= 4 is 11.6 Å². The molecule has 0 aromatic carbocycles. The van der Waals surface area contributed by atoms with Crippen LogP contribution in [-0.4, -0.2) is 16.0 Å². The predicted octanol–water partition coefficient (Wildman–Crippen LogP) is 2.40. The second-order valence-electron chi connectivity index (χ2n) is 5.80. The first-order chi connectivity index (χ1) is 8.44. The summed E-state index contributed by atoms with van der Waals surface area (Å²) in [4.78, 5) is 12.3. The van der Waals surface area contributed by atoms with E-state index in [9.17, 15) is 4.79 Å². The first kappa shape index (κ1) is 13.0. The molecule has 0 bridgehead atoms. The Hall–Kier alpha value is -1.45. The summed E-state index contributed by atoms with van der Waals surface area (Å²) in [6.07, 6.45) is 5.25. The third-order valence-corrected chi connectivity index (χ3v) is 3.65. The third-order valence-electron chi connectivity index (χ3n) is 3.65. The van der Waals surface area contributed by atoms with Crippen LogP contribution in [0.3, 0.4) is 0 Å². The van der Waals surface area contributed by atoms with E-state index in [1.54, 1.807) is 6.07 Å². The molecule has 1 aliphatic rings. The maximum Gasteiger partial charge on any atom is 0.268 e. The highest BCUT2D eigenvalue weighted by Gasteiger charge is 2.39. The molecule has 1 aliphatic carbocycles. The Kier molecular flexibility index (Phi) is 3.37. The topological polar surface area (TPSA) is 60.0 Å². The van der Waals surface area contributed by atoms with Crippen LogP contribution in [0.5, 0.6) is 0 Å². The van der Waals surface area contributed by atoms with Crippen molar-refractivity contribution < 1.29 is 4.79 Å². The molecule has 100 valence electrons. The lowest BCUT2D eigenvalue weighted by atomic mass is 9.98. The van der Waals surface area contributed by atoms with Crippen LogP contribution in [0.4, 0.5) is 5.69 Å². The number of nitrogens with zero attached hydrogens (tertiary/aromatic N) is 1. The highest BCUT2D eigenvalue weighted by Crippen LogP contribution is 2.39. The molecule has 4 nitrogen and oxygen atoms in total. The lowest BCUT2D eigenvalue weighted by Crippen LogP contribution is -2.45. The van der Waals surface area contributed by atoms with Gasteiger partial charge in [0.15, 0.2) is 0 Å². The third kappa shape index (κ3) is 2.68. The van der Waals surface area contributed by atoms with Crippen LogP contribution in [0.15, 0.2) is 12.3 Å². The Bertz CT molecular complexity index is 444. The Morgan fingerprint density at radius 3 is 2.78 bits per heavy atom. The van der Waals surface area contributed by atoms with Gasteiger partial charge in [-0.2, -0.15) is 0 Å². The molecule has 0 unspecified atom stereocenters. The molecule has 1 heterocycles. The molecule has 1 saturated carbocycles. The molecule has 1 aromatic heterocycles. The number of carbonyl (C=O) groups is 1. The molecule has 0 atom stereocenters. The van der Waals surface area contributed by atoms with E-state index in [1.165, 1.54) is 12.8 Å². The number of aryl methyl sites for hydroxylation is 1. The van der Waals surface area contributed by atoms with Crippen LogP contribution in [0, 0.1) is 5.92 Å². The molecule has 18 heavy (non-hydrogen) atoms. The summed E-state index contributed by atoms with van der Waals surface area (Å²) in [7, 11) is 0. The van der Waals surface area contributed by atoms with E-state index in [0.29, 0.717) is 17.3 Å². The van der Waals surface area contributed by atoms with Crippen molar-refractivity contribution in [1.82, 2.24) is 9.88 Å². The molecule has 2 rings (SSSR count). The number of anilines is 1. The van der Waals surface area contributed by atoms with Gasteiger partial charge in [0.2, 0.25) is 0 Å². The number of amides is 1. The van der Waals surface area contributed by atoms with E-state index in [0.717, 1.165) is 13.0 Å². The van der Waals surface area contributed by atoms with Crippen molar-refractivity contribution in [3.63, 3.8) is 0 Å². The van der Waals surface area contributed by atoms with E-state index in [4.69, 9.17) is 5.73 Å². The second kappa shape index (κ2) is 4.67. The van der Waals surface area contributed by atoms with Crippen LogP contribution in [0.2, 0.25) is 0 Å². The molecular weight excluding hydrogens is 226 g/mol. The first-order valence-electron chi connectivity index (χ1n) is 6.72. The lowest BCUT2D eigenvalue weighted by molar-refractivity contribution is 0.0893. The average molecular weight is 249 g/mol. The smallest absolute Gasteiger partial charge is 0.268 e. The minimum atomic E-state index is -0.118. The first-order valence-corrected chi connectivity index (χ1v) is 6.72. The fraction of sp³-hybridized carbons (Fsp3) is 0.643. The van der Waals surface area contributed by atoms with Gasteiger partial charge in [-0.1, -0.05) is 6.92 Å². The van der Waals surface area contributed by atoms with Crippen molar-refractivity contribution in [3.8, 4) is 0 Å². The molecule has 4 heteroatoms. The van der Waals surface area contributed by atoms with Gasteiger partial charge in [0.1, 0.15) is 5.69 Å². The number of aromatic nitrogens is 1. The Morgan fingerprint density at radius 2 is 2.22 bits per heavy atom. The summed E-state index contributed by atoms with van der Waals surface area (Å²) < 4.78 is 1.94. The van der Waals surface area contributed by atoms with Gasteiger partial charge in [-0.3, -0.25) is 4.79 Å². The largest absolute Gasteiger partial charge is 0.397 e. The van der Waals surface area contributed by atoms with Crippen LogP contribution in [-0.2, 0) is 6.54 Å². The monoisotopic (exact) mass is 249 g/mol. The molecule has 1 aromatic rings. The Morgan fingerprint density at radius 1 is 1.56 bits per heavy atom. The van der Waals surface area contributed by atoms with Crippen molar-refractivity contribution in [2.75, 3.05) is 5.73 Å².